The Morgan fingerprint density at radius 3 is 2.35 bits per heavy atom. The number of anilines is 1. The number of aryl methyl sites for hydroxylation is 2. The minimum Gasteiger partial charge on any atom is -0.342 e. The van der Waals surface area contributed by atoms with Crippen molar-refractivity contribution in [3.8, 4) is 0 Å². The fraction of sp³-hybridized carbons (Fsp3) is 0.619. The molecule has 1 aromatic carbocycles. The lowest BCUT2D eigenvalue weighted by Crippen LogP contribution is -2.48. The molecule has 5 nitrogen and oxygen atoms in total. The first-order chi connectivity index (χ1) is 12.5. The van der Waals surface area contributed by atoms with Gasteiger partial charge in [-0.05, 0) is 71.2 Å². The van der Waals surface area contributed by atoms with Crippen molar-refractivity contribution in [3.05, 3.63) is 29.3 Å². The van der Waals surface area contributed by atoms with Gasteiger partial charge in [0.15, 0.2) is 0 Å². The van der Waals surface area contributed by atoms with E-state index in [1.54, 1.807) is 0 Å². The van der Waals surface area contributed by atoms with Gasteiger partial charge in [-0.1, -0.05) is 17.7 Å². The zero-order valence-electron chi connectivity index (χ0n) is 16.3. The van der Waals surface area contributed by atoms with Gasteiger partial charge in [-0.2, -0.15) is 0 Å². The van der Waals surface area contributed by atoms with Crippen LogP contribution in [-0.2, 0) is 9.59 Å². The zero-order chi connectivity index (χ0) is 18.7. The number of carbonyl (C=O) groups is 2. The Hall–Kier alpha value is -1.88. The molecule has 0 spiro atoms. The number of nitrogens with one attached hydrogen (secondary N) is 1. The van der Waals surface area contributed by atoms with Crippen molar-refractivity contribution < 1.29 is 9.59 Å². The number of amides is 2. The number of hydrogen-bond donors (Lipinski definition) is 1. The van der Waals surface area contributed by atoms with Crippen molar-refractivity contribution in [2.75, 3.05) is 31.5 Å². The molecule has 26 heavy (non-hydrogen) atoms. The van der Waals surface area contributed by atoms with Crippen molar-refractivity contribution in [1.29, 1.82) is 0 Å². The van der Waals surface area contributed by atoms with Crippen LogP contribution in [0.5, 0.6) is 0 Å². The van der Waals surface area contributed by atoms with Crippen molar-refractivity contribution in [2.45, 2.75) is 52.5 Å². The SMILES string of the molecule is Cc1ccc(NC(=O)[C@@H](C)N2CCC(C(=O)N3CCCC3)CC2)c(C)c1. The number of hydrogen-bond acceptors (Lipinski definition) is 3. The summed E-state index contributed by atoms with van der Waals surface area (Å²) in [7, 11) is 0. The maximum absolute atomic E-state index is 12.6. The quantitative estimate of drug-likeness (QED) is 0.901. The van der Waals surface area contributed by atoms with E-state index >= 15 is 0 Å². The highest BCUT2D eigenvalue weighted by molar-refractivity contribution is 5.95. The molecule has 2 aliphatic heterocycles. The third-order valence-corrected chi connectivity index (χ3v) is 5.86. The van der Waals surface area contributed by atoms with E-state index in [0.717, 1.165) is 63.1 Å². The summed E-state index contributed by atoms with van der Waals surface area (Å²) in [5.41, 5.74) is 3.16. The van der Waals surface area contributed by atoms with E-state index in [4.69, 9.17) is 0 Å². The van der Waals surface area contributed by atoms with Crippen molar-refractivity contribution >= 4 is 17.5 Å². The predicted octanol–water partition coefficient (Wildman–Crippen LogP) is 2.96. The van der Waals surface area contributed by atoms with Crippen LogP contribution >= 0.6 is 0 Å². The molecule has 3 rings (SSSR count). The predicted molar refractivity (Wildman–Crippen MR) is 104 cm³/mol. The Kier molecular flexibility index (Phi) is 5.97. The molecule has 1 N–H and O–H groups in total. The molecule has 1 atom stereocenters. The molecule has 0 saturated carbocycles. The summed E-state index contributed by atoms with van der Waals surface area (Å²) in [6, 6.07) is 5.88. The molecule has 0 radical (unpaired) electrons. The summed E-state index contributed by atoms with van der Waals surface area (Å²) in [5, 5.41) is 3.06. The molecule has 142 valence electrons. The fourth-order valence-electron chi connectivity index (χ4n) is 4.09. The lowest BCUT2D eigenvalue weighted by molar-refractivity contribution is -0.136. The molecule has 0 aliphatic carbocycles. The Labute approximate surface area is 156 Å². The van der Waals surface area contributed by atoms with Gasteiger partial charge in [-0.3, -0.25) is 14.5 Å². The highest BCUT2D eigenvalue weighted by Gasteiger charge is 2.32. The maximum atomic E-state index is 12.6. The lowest BCUT2D eigenvalue weighted by atomic mass is 9.94. The molecule has 1 aromatic rings. The summed E-state index contributed by atoms with van der Waals surface area (Å²) < 4.78 is 0. The molecular weight excluding hydrogens is 326 g/mol. The second-order valence-electron chi connectivity index (χ2n) is 7.83. The highest BCUT2D eigenvalue weighted by atomic mass is 16.2. The van der Waals surface area contributed by atoms with Gasteiger partial charge >= 0.3 is 0 Å². The van der Waals surface area contributed by atoms with Gasteiger partial charge in [-0.25, -0.2) is 0 Å². The topological polar surface area (TPSA) is 52.7 Å². The zero-order valence-corrected chi connectivity index (χ0v) is 16.3. The average Bonchev–Trinajstić information content (AvgIpc) is 3.17. The monoisotopic (exact) mass is 357 g/mol. The third kappa shape index (κ3) is 4.26. The van der Waals surface area contributed by atoms with Gasteiger partial charge in [0.05, 0.1) is 6.04 Å². The molecule has 2 heterocycles. The van der Waals surface area contributed by atoms with Crippen LogP contribution in [0.1, 0.15) is 43.7 Å². The van der Waals surface area contributed by atoms with E-state index in [1.165, 1.54) is 5.56 Å². The molecule has 2 amide bonds. The van der Waals surface area contributed by atoms with E-state index in [2.05, 4.69) is 23.2 Å². The van der Waals surface area contributed by atoms with Gasteiger partial charge in [0.1, 0.15) is 0 Å². The Balaban J connectivity index is 1.51. The molecule has 0 bridgehead atoms. The molecule has 5 heteroatoms. The second-order valence-corrected chi connectivity index (χ2v) is 7.83. The second kappa shape index (κ2) is 8.21. The van der Waals surface area contributed by atoms with Crippen LogP contribution < -0.4 is 5.32 Å². The Bertz CT molecular complexity index is 659. The van der Waals surface area contributed by atoms with Crippen LogP contribution in [-0.4, -0.2) is 53.8 Å². The van der Waals surface area contributed by atoms with Crippen molar-refractivity contribution in [1.82, 2.24) is 9.80 Å². The number of piperidine rings is 1. The van der Waals surface area contributed by atoms with E-state index in [1.807, 2.05) is 30.9 Å². The number of likely N-dealkylation sites (tertiary alicyclic amines) is 2. The first-order valence-corrected chi connectivity index (χ1v) is 9.86. The van der Waals surface area contributed by atoms with E-state index < -0.39 is 0 Å². The summed E-state index contributed by atoms with van der Waals surface area (Å²) in [5.74, 6) is 0.495. The Morgan fingerprint density at radius 2 is 1.73 bits per heavy atom. The summed E-state index contributed by atoms with van der Waals surface area (Å²) in [6.07, 6.45) is 3.99. The van der Waals surface area contributed by atoms with Crippen LogP contribution in [0.3, 0.4) is 0 Å². The maximum Gasteiger partial charge on any atom is 0.241 e. The van der Waals surface area contributed by atoms with Crippen LogP contribution in [0.25, 0.3) is 0 Å². The first-order valence-electron chi connectivity index (χ1n) is 9.86. The summed E-state index contributed by atoms with van der Waals surface area (Å²) in [4.78, 5) is 29.4. The van der Waals surface area contributed by atoms with Gasteiger partial charge < -0.3 is 10.2 Å². The normalized spacial score (nSPS) is 20.2. The summed E-state index contributed by atoms with van der Waals surface area (Å²) >= 11 is 0. The van der Waals surface area contributed by atoms with Crippen molar-refractivity contribution in [2.24, 2.45) is 5.92 Å². The van der Waals surface area contributed by atoms with Crippen LogP contribution in [0.2, 0.25) is 0 Å². The minimum absolute atomic E-state index is 0.0290. The van der Waals surface area contributed by atoms with Gasteiger partial charge in [-0.15, -0.1) is 0 Å². The van der Waals surface area contributed by atoms with Crippen LogP contribution in [0.4, 0.5) is 5.69 Å². The standard InChI is InChI=1S/C21H31N3O2/c1-15-6-7-19(16(2)14-15)22-20(25)17(3)23-12-8-18(9-13-23)21(26)24-10-4-5-11-24/h6-7,14,17-18H,4-5,8-13H2,1-3H3,(H,22,25)/t17-/m1/s1. The lowest BCUT2D eigenvalue weighted by Gasteiger charge is -2.36. The fourth-order valence-corrected chi connectivity index (χ4v) is 4.09. The van der Waals surface area contributed by atoms with Crippen molar-refractivity contribution in [3.63, 3.8) is 0 Å². The molecular formula is C21H31N3O2. The largest absolute Gasteiger partial charge is 0.342 e. The van der Waals surface area contributed by atoms with Crippen LogP contribution in [0, 0.1) is 19.8 Å². The highest BCUT2D eigenvalue weighted by Crippen LogP contribution is 2.24. The molecule has 0 unspecified atom stereocenters. The van der Waals surface area contributed by atoms with Crippen LogP contribution in [0.15, 0.2) is 18.2 Å². The average molecular weight is 357 g/mol. The van der Waals surface area contributed by atoms with E-state index in [9.17, 15) is 9.59 Å². The third-order valence-electron chi connectivity index (χ3n) is 5.86. The van der Waals surface area contributed by atoms with Gasteiger partial charge in [0.25, 0.3) is 0 Å². The molecule has 2 fully saturated rings. The van der Waals surface area contributed by atoms with Gasteiger partial charge in [0.2, 0.25) is 11.8 Å². The molecule has 2 aliphatic rings. The number of carbonyl (C=O) groups excluding carboxylic acids is 2. The Morgan fingerprint density at radius 1 is 1.08 bits per heavy atom. The smallest absolute Gasteiger partial charge is 0.241 e. The minimum atomic E-state index is -0.182. The summed E-state index contributed by atoms with van der Waals surface area (Å²) in [6.45, 7) is 9.50. The number of nitrogens with zero attached hydrogens (tertiary/aromatic N) is 2. The molecule has 2 saturated heterocycles. The van der Waals surface area contributed by atoms with Gasteiger partial charge in [0, 0.05) is 24.7 Å². The number of benzene rings is 1. The molecule has 0 aromatic heterocycles. The van der Waals surface area contributed by atoms with E-state index in [-0.39, 0.29) is 17.9 Å². The number of rotatable bonds is 4. The van der Waals surface area contributed by atoms with E-state index in [0.29, 0.717) is 5.91 Å². The first kappa shape index (κ1) is 18.9.